The van der Waals surface area contributed by atoms with Gasteiger partial charge in [0.25, 0.3) is 0 Å². The number of carbonyl (C=O) groups is 1. The van der Waals surface area contributed by atoms with E-state index in [0.29, 0.717) is 0 Å². The van der Waals surface area contributed by atoms with Gasteiger partial charge in [0.15, 0.2) is 5.82 Å². The first kappa shape index (κ1) is 16.3. The van der Waals surface area contributed by atoms with Gasteiger partial charge >= 0.3 is 0 Å². The molecular formula is C20H26N4O. The lowest BCUT2D eigenvalue weighted by atomic mass is 9.82. The quantitative estimate of drug-likeness (QED) is 0.934. The SMILES string of the molecule is CC(NC(=O)C1CCCc2ccccc21)c1nnc2n1CCCCC2. The highest BCUT2D eigenvalue weighted by atomic mass is 16.2. The van der Waals surface area contributed by atoms with Crippen molar-refractivity contribution in [2.24, 2.45) is 0 Å². The second-order valence-electron chi connectivity index (χ2n) is 7.31. The third-order valence-corrected chi connectivity index (χ3v) is 5.57. The average Bonchev–Trinajstić information content (AvgIpc) is 2.90. The van der Waals surface area contributed by atoms with Crippen LogP contribution >= 0.6 is 0 Å². The van der Waals surface area contributed by atoms with Gasteiger partial charge in [0, 0.05) is 13.0 Å². The molecule has 2 atom stereocenters. The molecule has 0 radical (unpaired) electrons. The van der Waals surface area contributed by atoms with E-state index < -0.39 is 0 Å². The minimum absolute atomic E-state index is 0.0427. The van der Waals surface area contributed by atoms with Gasteiger partial charge in [-0.15, -0.1) is 10.2 Å². The van der Waals surface area contributed by atoms with Gasteiger partial charge in [-0.25, -0.2) is 0 Å². The first-order valence-corrected chi connectivity index (χ1v) is 9.54. The van der Waals surface area contributed by atoms with Gasteiger partial charge in [-0.1, -0.05) is 30.7 Å². The summed E-state index contributed by atoms with van der Waals surface area (Å²) >= 11 is 0. The first-order chi connectivity index (χ1) is 12.2. The zero-order valence-corrected chi connectivity index (χ0v) is 14.9. The summed E-state index contributed by atoms with van der Waals surface area (Å²) in [5.41, 5.74) is 2.51. The minimum atomic E-state index is -0.110. The Balaban J connectivity index is 1.51. The fourth-order valence-electron chi connectivity index (χ4n) is 4.23. The molecule has 1 aromatic carbocycles. The van der Waals surface area contributed by atoms with Crippen LogP contribution in [0.4, 0.5) is 0 Å². The molecule has 132 valence electrons. The van der Waals surface area contributed by atoms with Crippen molar-refractivity contribution >= 4 is 5.91 Å². The molecule has 0 bridgehead atoms. The Morgan fingerprint density at radius 2 is 2.04 bits per heavy atom. The molecule has 2 heterocycles. The average molecular weight is 338 g/mol. The Morgan fingerprint density at radius 3 is 2.96 bits per heavy atom. The molecule has 0 saturated carbocycles. The summed E-state index contributed by atoms with van der Waals surface area (Å²) < 4.78 is 2.22. The van der Waals surface area contributed by atoms with Crippen molar-refractivity contribution < 1.29 is 4.79 Å². The maximum atomic E-state index is 12.9. The molecule has 0 saturated heterocycles. The second kappa shape index (κ2) is 6.98. The summed E-state index contributed by atoms with van der Waals surface area (Å²) in [6.07, 6.45) is 7.64. The number of hydrogen-bond donors (Lipinski definition) is 1. The topological polar surface area (TPSA) is 59.8 Å². The van der Waals surface area contributed by atoms with E-state index >= 15 is 0 Å². The van der Waals surface area contributed by atoms with Gasteiger partial charge < -0.3 is 9.88 Å². The number of nitrogens with zero attached hydrogens (tertiary/aromatic N) is 3. The number of hydrogen-bond acceptors (Lipinski definition) is 3. The molecule has 1 aromatic heterocycles. The van der Waals surface area contributed by atoms with Crippen LogP contribution in [0.15, 0.2) is 24.3 Å². The number of amides is 1. The molecule has 5 heteroatoms. The lowest BCUT2D eigenvalue weighted by Gasteiger charge is -2.26. The number of aryl methyl sites for hydroxylation is 2. The first-order valence-electron chi connectivity index (χ1n) is 9.54. The van der Waals surface area contributed by atoms with Crippen LogP contribution in [0.2, 0.25) is 0 Å². The van der Waals surface area contributed by atoms with E-state index in [9.17, 15) is 4.79 Å². The van der Waals surface area contributed by atoms with Crippen molar-refractivity contribution in [2.45, 2.75) is 70.4 Å². The van der Waals surface area contributed by atoms with Crippen molar-refractivity contribution in [3.63, 3.8) is 0 Å². The predicted octanol–water partition coefficient (Wildman–Crippen LogP) is 3.30. The summed E-state index contributed by atoms with van der Waals surface area (Å²) in [6, 6.07) is 8.24. The van der Waals surface area contributed by atoms with E-state index in [1.165, 1.54) is 24.0 Å². The zero-order valence-electron chi connectivity index (χ0n) is 14.9. The largest absolute Gasteiger partial charge is 0.346 e. The van der Waals surface area contributed by atoms with Gasteiger partial charge in [-0.2, -0.15) is 0 Å². The monoisotopic (exact) mass is 338 g/mol. The Kier molecular flexibility index (Phi) is 4.55. The predicted molar refractivity (Wildman–Crippen MR) is 96.3 cm³/mol. The van der Waals surface area contributed by atoms with E-state index in [1.54, 1.807) is 0 Å². The van der Waals surface area contributed by atoms with E-state index in [4.69, 9.17) is 0 Å². The van der Waals surface area contributed by atoms with Crippen LogP contribution in [0.3, 0.4) is 0 Å². The molecule has 1 aliphatic heterocycles. The van der Waals surface area contributed by atoms with E-state index in [0.717, 1.165) is 50.3 Å². The molecular weight excluding hydrogens is 312 g/mol. The van der Waals surface area contributed by atoms with Crippen molar-refractivity contribution in [1.29, 1.82) is 0 Å². The van der Waals surface area contributed by atoms with Crippen LogP contribution in [-0.2, 0) is 24.2 Å². The molecule has 2 unspecified atom stereocenters. The standard InChI is InChI=1S/C20H26N4O/c1-14(19-23-22-18-12-3-2-6-13-24(18)19)21-20(25)17-11-7-9-15-8-4-5-10-16(15)17/h4-5,8,10,14,17H,2-3,6-7,9,11-13H2,1H3,(H,21,25). The summed E-state index contributed by atoms with van der Waals surface area (Å²) in [5.74, 6) is 2.04. The molecule has 5 nitrogen and oxygen atoms in total. The molecule has 2 aliphatic rings. The van der Waals surface area contributed by atoms with Gasteiger partial charge in [-0.05, 0) is 50.2 Å². The summed E-state index contributed by atoms with van der Waals surface area (Å²) in [4.78, 5) is 12.9. The highest BCUT2D eigenvalue weighted by Crippen LogP contribution is 2.32. The Bertz CT molecular complexity index is 767. The van der Waals surface area contributed by atoms with Gasteiger partial charge in [0.1, 0.15) is 5.82 Å². The fraction of sp³-hybridized carbons (Fsp3) is 0.550. The lowest BCUT2D eigenvalue weighted by Crippen LogP contribution is -2.34. The molecule has 25 heavy (non-hydrogen) atoms. The number of aromatic nitrogens is 3. The molecule has 4 rings (SSSR count). The summed E-state index contributed by atoms with van der Waals surface area (Å²) in [6.45, 7) is 2.99. The summed E-state index contributed by atoms with van der Waals surface area (Å²) in [5, 5.41) is 11.9. The van der Waals surface area contributed by atoms with Crippen LogP contribution in [0.5, 0.6) is 0 Å². The van der Waals surface area contributed by atoms with Crippen LogP contribution in [0.25, 0.3) is 0 Å². The Morgan fingerprint density at radius 1 is 1.16 bits per heavy atom. The van der Waals surface area contributed by atoms with E-state index in [2.05, 4.69) is 38.3 Å². The van der Waals surface area contributed by atoms with Crippen LogP contribution < -0.4 is 5.32 Å². The van der Waals surface area contributed by atoms with Gasteiger partial charge in [-0.3, -0.25) is 4.79 Å². The highest BCUT2D eigenvalue weighted by Gasteiger charge is 2.28. The fourth-order valence-corrected chi connectivity index (χ4v) is 4.23. The third kappa shape index (κ3) is 3.20. The van der Waals surface area contributed by atoms with Crippen molar-refractivity contribution in [1.82, 2.24) is 20.1 Å². The maximum absolute atomic E-state index is 12.9. The number of benzene rings is 1. The Hall–Kier alpha value is -2.17. The molecule has 2 aromatic rings. The molecule has 1 aliphatic carbocycles. The molecule has 1 N–H and O–H groups in total. The van der Waals surface area contributed by atoms with Crippen molar-refractivity contribution in [3.05, 3.63) is 47.0 Å². The van der Waals surface area contributed by atoms with Gasteiger partial charge in [0.05, 0.1) is 12.0 Å². The van der Waals surface area contributed by atoms with Crippen molar-refractivity contribution in [3.8, 4) is 0 Å². The molecule has 0 fully saturated rings. The van der Waals surface area contributed by atoms with Gasteiger partial charge in [0.2, 0.25) is 5.91 Å². The highest BCUT2D eigenvalue weighted by molar-refractivity contribution is 5.84. The molecule has 1 amide bonds. The van der Waals surface area contributed by atoms with E-state index in [1.807, 2.05) is 13.0 Å². The van der Waals surface area contributed by atoms with Crippen LogP contribution in [0, 0.1) is 0 Å². The third-order valence-electron chi connectivity index (χ3n) is 5.57. The number of rotatable bonds is 3. The normalized spacial score (nSPS) is 20.9. The lowest BCUT2D eigenvalue weighted by molar-refractivity contribution is -0.123. The molecule has 0 spiro atoms. The van der Waals surface area contributed by atoms with Crippen LogP contribution in [0.1, 0.15) is 73.8 Å². The summed E-state index contributed by atoms with van der Waals surface area (Å²) in [7, 11) is 0. The van der Waals surface area contributed by atoms with Crippen molar-refractivity contribution in [2.75, 3.05) is 0 Å². The maximum Gasteiger partial charge on any atom is 0.228 e. The number of nitrogens with one attached hydrogen (secondary N) is 1. The minimum Gasteiger partial charge on any atom is -0.346 e. The zero-order chi connectivity index (χ0) is 17.2. The number of fused-ring (bicyclic) bond motifs is 2. The second-order valence-corrected chi connectivity index (χ2v) is 7.31. The smallest absolute Gasteiger partial charge is 0.228 e. The van der Waals surface area contributed by atoms with Crippen LogP contribution in [-0.4, -0.2) is 20.7 Å². The number of carbonyl (C=O) groups excluding carboxylic acids is 1. The van der Waals surface area contributed by atoms with E-state index in [-0.39, 0.29) is 17.9 Å². The Labute approximate surface area is 148 Å².